The molecule has 1 atom stereocenters. The summed E-state index contributed by atoms with van der Waals surface area (Å²) in [5, 5.41) is 0. The van der Waals surface area contributed by atoms with Crippen LogP contribution in [0.1, 0.15) is 31.7 Å². The summed E-state index contributed by atoms with van der Waals surface area (Å²) >= 11 is 0. The molecule has 0 aliphatic rings. The van der Waals surface area contributed by atoms with Gasteiger partial charge < -0.3 is 10.5 Å². The Balaban J connectivity index is 2.29. The van der Waals surface area contributed by atoms with Crippen LogP contribution in [0, 0.1) is 0 Å². The Hall–Kier alpha value is -2.10. The number of nitrogens with two attached hydrogens (primary N) is 1. The molecule has 1 aromatic carbocycles. The van der Waals surface area contributed by atoms with Gasteiger partial charge >= 0.3 is 0 Å². The molecule has 0 aliphatic heterocycles. The van der Waals surface area contributed by atoms with Crippen molar-refractivity contribution in [2.24, 2.45) is 0 Å². The van der Waals surface area contributed by atoms with Gasteiger partial charge in [-0.1, -0.05) is 32.0 Å². The summed E-state index contributed by atoms with van der Waals surface area (Å²) in [6.45, 7) is 4.33. The van der Waals surface area contributed by atoms with Gasteiger partial charge in [0.1, 0.15) is 17.9 Å². The third-order valence-electron chi connectivity index (χ3n) is 2.94. The van der Waals surface area contributed by atoms with Crippen LogP contribution in [0.2, 0.25) is 0 Å². The quantitative estimate of drug-likeness (QED) is 0.894. The van der Waals surface area contributed by atoms with E-state index >= 15 is 0 Å². The minimum atomic E-state index is 0.404. The van der Waals surface area contributed by atoms with Crippen molar-refractivity contribution < 1.29 is 4.74 Å². The average Bonchev–Trinajstić information content (AvgIpc) is 2.38. The number of nitrogen functional groups attached to an aromatic ring is 1. The van der Waals surface area contributed by atoms with Gasteiger partial charge in [-0.05, 0) is 24.0 Å². The smallest absolute Gasteiger partial charge is 0.224 e. The molecule has 0 spiro atoms. The van der Waals surface area contributed by atoms with E-state index in [1.54, 1.807) is 6.07 Å². The summed E-state index contributed by atoms with van der Waals surface area (Å²) < 4.78 is 5.78. The minimum absolute atomic E-state index is 0.404. The molecule has 2 rings (SSSR count). The van der Waals surface area contributed by atoms with E-state index in [0.29, 0.717) is 17.6 Å². The van der Waals surface area contributed by atoms with Crippen molar-refractivity contribution in [3.05, 3.63) is 42.2 Å². The molecule has 0 saturated carbocycles. The predicted molar refractivity (Wildman–Crippen MR) is 71.7 cm³/mol. The van der Waals surface area contributed by atoms with E-state index in [0.717, 1.165) is 12.2 Å². The van der Waals surface area contributed by atoms with Gasteiger partial charge in [0.15, 0.2) is 0 Å². The molecule has 0 aliphatic carbocycles. The number of anilines is 1. The highest BCUT2D eigenvalue weighted by Crippen LogP contribution is 2.31. The van der Waals surface area contributed by atoms with Gasteiger partial charge in [0.05, 0.1) is 0 Å². The zero-order valence-corrected chi connectivity index (χ0v) is 10.6. The van der Waals surface area contributed by atoms with E-state index < -0.39 is 0 Å². The molecule has 0 radical (unpaired) electrons. The number of ether oxygens (including phenoxy) is 1. The molecule has 1 unspecified atom stereocenters. The van der Waals surface area contributed by atoms with E-state index in [1.807, 2.05) is 18.2 Å². The first-order chi connectivity index (χ1) is 8.70. The maximum atomic E-state index is 5.78. The normalized spacial score (nSPS) is 12.1. The average molecular weight is 243 g/mol. The summed E-state index contributed by atoms with van der Waals surface area (Å²) in [6, 6.07) is 9.61. The Morgan fingerprint density at radius 2 is 2.06 bits per heavy atom. The molecule has 4 nitrogen and oxygen atoms in total. The summed E-state index contributed by atoms with van der Waals surface area (Å²) in [7, 11) is 0. The Bertz CT molecular complexity index is 528. The fourth-order valence-corrected chi connectivity index (χ4v) is 1.72. The maximum absolute atomic E-state index is 5.78. The second-order valence-electron chi connectivity index (χ2n) is 4.23. The summed E-state index contributed by atoms with van der Waals surface area (Å²) in [4.78, 5) is 7.89. The number of aromatic nitrogens is 2. The number of hydrogen-bond donors (Lipinski definition) is 1. The van der Waals surface area contributed by atoms with Gasteiger partial charge in [-0.25, -0.2) is 9.97 Å². The van der Waals surface area contributed by atoms with Gasteiger partial charge in [0, 0.05) is 6.07 Å². The Kier molecular flexibility index (Phi) is 3.77. The molecule has 0 bridgehead atoms. The molecule has 2 aromatic rings. The monoisotopic (exact) mass is 243 g/mol. The van der Waals surface area contributed by atoms with Crippen molar-refractivity contribution in [2.45, 2.75) is 26.2 Å². The first-order valence-electron chi connectivity index (χ1n) is 6.05. The van der Waals surface area contributed by atoms with Gasteiger partial charge in [0.25, 0.3) is 0 Å². The lowest BCUT2D eigenvalue weighted by Crippen LogP contribution is -1.98. The van der Waals surface area contributed by atoms with Crippen molar-refractivity contribution in [2.75, 3.05) is 5.73 Å². The van der Waals surface area contributed by atoms with Crippen LogP contribution < -0.4 is 10.5 Å². The molecular weight excluding hydrogens is 226 g/mol. The Morgan fingerprint density at radius 1 is 1.28 bits per heavy atom. The van der Waals surface area contributed by atoms with E-state index in [2.05, 4.69) is 29.9 Å². The molecular formula is C14H17N3O. The van der Waals surface area contributed by atoms with Crippen LogP contribution in [0.25, 0.3) is 0 Å². The molecule has 18 heavy (non-hydrogen) atoms. The van der Waals surface area contributed by atoms with Crippen LogP contribution in [0.15, 0.2) is 36.7 Å². The Morgan fingerprint density at radius 3 is 2.78 bits per heavy atom. The van der Waals surface area contributed by atoms with Crippen molar-refractivity contribution in [1.82, 2.24) is 9.97 Å². The van der Waals surface area contributed by atoms with Crippen LogP contribution in [0.3, 0.4) is 0 Å². The standard InChI is InChI=1S/C14H17N3O/c1-3-10(2)11-6-4-5-7-12(11)18-14-8-13(15)16-9-17-14/h4-10H,3H2,1-2H3,(H2,15,16,17). The van der Waals surface area contributed by atoms with E-state index in [1.165, 1.54) is 11.9 Å². The highest BCUT2D eigenvalue weighted by molar-refractivity contribution is 5.40. The van der Waals surface area contributed by atoms with Crippen molar-refractivity contribution >= 4 is 5.82 Å². The van der Waals surface area contributed by atoms with E-state index in [9.17, 15) is 0 Å². The molecule has 0 amide bonds. The molecule has 0 saturated heterocycles. The fraction of sp³-hybridized carbons (Fsp3) is 0.286. The number of nitrogens with zero attached hydrogens (tertiary/aromatic N) is 2. The van der Waals surface area contributed by atoms with E-state index in [4.69, 9.17) is 10.5 Å². The number of rotatable bonds is 4. The highest BCUT2D eigenvalue weighted by Gasteiger charge is 2.10. The second-order valence-corrected chi connectivity index (χ2v) is 4.23. The van der Waals surface area contributed by atoms with Crippen molar-refractivity contribution in [1.29, 1.82) is 0 Å². The summed E-state index contributed by atoms with van der Waals surface area (Å²) in [5.74, 6) is 2.14. The summed E-state index contributed by atoms with van der Waals surface area (Å²) in [6.07, 6.45) is 2.46. The second kappa shape index (κ2) is 5.49. The lowest BCUT2D eigenvalue weighted by atomic mass is 9.98. The molecule has 4 heteroatoms. The molecule has 1 heterocycles. The van der Waals surface area contributed by atoms with Crippen LogP contribution in [0.4, 0.5) is 5.82 Å². The van der Waals surface area contributed by atoms with Gasteiger partial charge in [-0.3, -0.25) is 0 Å². The van der Waals surface area contributed by atoms with Gasteiger partial charge in [-0.2, -0.15) is 0 Å². The SMILES string of the molecule is CCC(C)c1ccccc1Oc1cc(N)ncn1. The zero-order chi connectivity index (χ0) is 13.0. The number of hydrogen-bond acceptors (Lipinski definition) is 4. The lowest BCUT2D eigenvalue weighted by Gasteiger charge is -2.14. The molecule has 94 valence electrons. The number of benzene rings is 1. The highest BCUT2D eigenvalue weighted by atomic mass is 16.5. The largest absolute Gasteiger partial charge is 0.439 e. The molecule has 2 N–H and O–H groups in total. The summed E-state index contributed by atoms with van der Waals surface area (Å²) in [5.41, 5.74) is 6.78. The van der Waals surface area contributed by atoms with Gasteiger partial charge in [0.2, 0.25) is 5.88 Å². The van der Waals surface area contributed by atoms with Crippen LogP contribution in [-0.2, 0) is 0 Å². The zero-order valence-electron chi connectivity index (χ0n) is 10.6. The van der Waals surface area contributed by atoms with Gasteiger partial charge in [-0.15, -0.1) is 0 Å². The topological polar surface area (TPSA) is 61.0 Å². The maximum Gasteiger partial charge on any atom is 0.224 e. The molecule has 0 fully saturated rings. The minimum Gasteiger partial charge on any atom is -0.439 e. The number of para-hydroxylation sites is 1. The van der Waals surface area contributed by atoms with Crippen molar-refractivity contribution in [3.63, 3.8) is 0 Å². The third kappa shape index (κ3) is 2.77. The fourth-order valence-electron chi connectivity index (χ4n) is 1.72. The van der Waals surface area contributed by atoms with Crippen LogP contribution in [-0.4, -0.2) is 9.97 Å². The van der Waals surface area contributed by atoms with Crippen LogP contribution >= 0.6 is 0 Å². The lowest BCUT2D eigenvalue weighted by molar-refractivity contribution is 0.451. The Labute approximate surface area is 107 Å². The first kappa shape index (κ1) is 12.4. The van der Waals surface area contributed by atoms with Crippen molar-refractivity contribution in [3.8, 4) is 11.6 Å². The first-order valence-corrected chi connectivity index (χ1v) is 6.05. The van der Waals surface area contributed by atoms with E-state index in [-0.39, 0.29) is 0 Å². The predicted octanol–water partition coefficient (Wildman–Crippen LogP) is 3.36. The molecule has 1 aromatic heterocycles. The van der Waals surface area contributed by atoms with Crippen LogP contribution in [0.5, 0.6) is 11.6 Å². The third-order valence-corrected chi connectivity index (χ3v) is 2.94.